The Morgan fingerprint density at radius 3 is 2.79 bits per heavy atom. The maximum absolute atomic E-state index is 14.7. The molecule has 2 aliphatic heterocycles. The zero-order chi connectivity index (χ0) is 20.3. The zero-order valence-corrected chi connectivity index (χ0v) is 15.8. The molecule has 1 atom stereocenters. The van der Waals surface area contributed by atoms with E-state index in [4.69, 9.17) is 11.2 Å². The van der Waals surface area contributed by atoms with Crippen molar-refractivity contribution in [3.63, 3.8) is 0 Å². The molecule has 28 heavy (non-hydrogen) atoms. The molecular formula is C20H24FN3O4. The highest BCUT2D eigenvalue weighted by atomic mass is 19.1. The van der Waals surface area contributed by atoms with Gasteiger partial charge in [-0.05, 0) is 31.0 Å². The number of nitrogens with zero attached hydrogens (tertiary/aromatic N) is 2. The molecule has 0 aliphatic carbocycles. The number of cyclic esters (lactones) is 1. The van der Waals surface area contributed by atoms with Gasteiger partial charge in [0.1, 0.15) is 11.9 Å². The average Bonchev–Trinajstić information content (AvgIpc) is 3.02. The number of anilines is 2. The van der Waals surface area contributed by atoms with E-state index in [0.29, 0.717) is 43.7 Å². The standard InChI is InChI=1S/C20H24FN3O4/c1-3-6-20(27)7-9-23(10-8-20)18-5-4-15(11-17(18)21)24-13-16(28-19(24)26)12-22-14(2)25/h1,4-5,11,16,27H,6-10,12-13H2,2H3,(H,22,25)/t16-/m0/s1. The first-order chi connectivity index (χ1) is 13.3. The van der Waals surface area contributed by atoms with Crippen LogP contribution in [0.5, 0.6) is 0 Å². The molecular weight excluding hydrogens is 365 g/mol. The normalized spacial score (nSPS) is 21.2. The van der Waals surface area contributed by atoms with Gasteiger partial charge in [-0.25, -0.2) is 9.18 Å². The van der Waals surface area contributed by atoms with E-state index >= 15 is 0 Å². The molecule has 0 bridgehead atoms. The number of carbonyl (C=O) groups is 2. The summed E-state index contributed by atoms with van der Waals surface area (Å²) >= 11 is 0. The van der Waals surface area contributed by atoms with Crippen molar-refractivity contribution in [2.24, 2.45) is 0 Å². The Balaban J connectivity index is 1.66. The van der Waals surface area contributed by atoms with Gasteiger partial charge in [0.25, 0.3) is 0 Å². The fourth-order valence-corrected chi connectivity index (χ4v) is 3.55. The number of amides is 2. The zero-order valence-electron chi connectivity index (χ0n) is 15.8. The minimum atomic E-state index is -0.885. The van der Waals surface area contributed by atoms with Gasteiger partial charge in [-0.1, -0.05) is 0 Å². The average molecular weight is 389 g/mol. The Morgan fingerprint density at radius 1 is 1.46 bits per heavy atom. The van der Waals surface area contributed by atoms with E-state index in [2.05, 4.69) is 11.2 Å². The van der Waals surface area contributed by atoms with Crippen LogP contribution in [0, 0.1) is 18.2 Å². The number of ether oxygens (including phenoxy) is 1. The largest absolute Gasteiger partial charge is 0.442 e. The monoisotopic (exact) mass is 389 g/mol. The lowest BCUT2D eigenvalue weighted by Gasteiger charge is -2.38. The number of halogens is 1. The van der Waals surface area contributed by atoms with Crippen LogP contribution >= 0.6 is 0 Å². The highest BCUT2D eigenvalue weighted by molar-refractivity contribution is 5.90. The lowest BCUT2D eigenvalue weighted by molar-refractivity contribution is -0.119. The van der Waals surface area contributed by atoms with Gasteiger partial charge in [0.15, 0.2) is 0 Å². The summed E-state index contributed by atoms with van der Waals surface area (Å²) in [6.45, 7) is 2.84. The molecule has 8 heteroatoms. The number of rotatable bonds is 5. The highest BCUT2D eigenvalue weighted by Gasteiger charge is 2.34. The number of nitrogens with one attached hydrogen (secondary N) is 1. The van der Waals surface area contributed by atoms with Crippen LogP contribution in [-0.4, -0.2) is 55.0 Å². The van der Waals surface area contributed by atoms with E-state index in [-0.39, 0.29) is 19.0 Å². The minimum absolute atomic E-state index is 0.208. The lowest BCUT2D eigenvalue weighted by atomic mass is 9.88. The maximum atomic E-state index is 14.7. The van der Waals surface area contributed by atoms with Crippen LogP contribution in [0.4, 0.5) is 20.6 Å². The first kappa shape index (κ1) is 20.0. The predicted octanol–water partition coefficient (Wildman–Crippen LogP) is 1.64. The van der Waals surface area contributed by atoms with Gasteiger partial charge in [-0.15, -0.1) is 12.3 Å². The first-order valence-corrected chi connectivity index (χ1v) is 9.24. The van der Waals surface area contributed by atoms with Crippen molar-refractivity contribution >= 4 is 23.4 Å². The van der Waals surface area contributed by atoms with Crippen LogP contribution in [0.15, 0.2) is 18.2 Å². The minimum Gasteiger partial charge on any atom is -0.442 e. The summed E-state index contributed by atoms with van der Waals surface area (Å²) in [6, 6.07) is 4.60. The number of hydrogen-bond acceptors (Lipinski definition) is 5. The molecule has 7 nitrogen and oxygen atoms in total. The molecule has 2 aliphatic rings. The second kappa shape index (κ2) is 8.07. The van der Waals surface area contributed by atoms with Crippen molar-refractivity contribution in [1.29, 1.82) is 0 Å². The van der Waals surface area contributed by atoms with E-state index in [9.17, 15) is 19.1 Å². The highest BCUT2D eigenvalue weighted by Crippen LogP contribution is 2.32. The van der Waals surface area contributed by atoms with Gasteiger partial charge in [-0.2, -0.15) is 0 Å². The third-order valence-electron chi connectivity index (χ3n) is 5.16. The van der Waals surface area contributed by atoms with Crippen LogP contribution in [-0.2, 0) is 9.53 Å². The van der Waals surface area contributed by atoms with Gasteiger partial charge < -0.3 is 20.1 Å². The van der Waals surface area contributed by atoms with Crippen molar-refractivity contribution in [3.05, 3.63) is 24.0 Å². The molecule has 0 aromatic heterocycles. The van der Waals surface area contributed by atoms with Crippen LogP contribution in [0.25, 0.3) is 0 Å². The summed E-state index contributed by atoms with van der Waals surface area (Å²) in [5, 5.41) is 13.0. The number of piperidine rings is 1. The number of aliphatic hydroxyl groups is 1. The van der Waals surface area contributed by atoms with Crippen molar-refractivity contribution in [2.45, 2.75) is 37.9 Å². The molecule has 2 fully saturated rings. The molecule has 2 saturated heterocycles. The van der Waals surface area contributed by atoms with Crippen LogP contribution in [0.3, 0.4) is 0 Å². The predicted molar refractivity (Wildman–Crippen MR) is 103 cm³/mol. The number of hydrogen-bond donors (Lipinski definition) is 2. The van der Waals surface area contributed by atoms with Crippen molar-refractivity contribution in [3.8, 4) is 12.3 Å². The Bertz CT molecular complexity index is 799. The molecule has 1 aromatic rings. The van der Waals surface area contributed by atoms with Gasteiger partial charge in [-0.3, -0.25) is 9.69 Å². The van der Waals surface area contributed by atoms with Crippen molar-refractivity contribution in [1.82, 2.24) is 5.32 Å². The molecule has 2 heterocycles. The summed E-state index contributed by atoms with van der Waals surface area (Å²) < 4.78 is 19.9. The van der Waals surface area contributed by atoms with Crippen molar-refractivity contribution < 1.29 is 23.8 Å². The summed E-state index contributed by atoms with van der Waals surface area (Å²) in [5.74, 6) is 1.84. The molecule has 150 valence electrons. The summed E-state index contributed by atoms with van der Waals surface area (Å²) in [7, 11) is 0. The van der Waals surface area contributed by atoms with E-state index in [1.54, 1.807) is 12.1 Å². The van der Waals surface area contributed by atoms with Crippen molar-refractivity contribution in [2.75, 3.05) is 36.0 Å². The summed E-state index contributed by atoms with van der Waals surface area (Å²) in [4.78, 5) is 26.3. The fraction of sp³-hybridized carbons (Fsp3) is 0.500. The maximum Gasteiger partial charge on any atom is 0.414 e. The SMILES string of the molecule is C#CCC1(O)CCN(c2ccc(N3C[C@H](CNC(C)=O)OC3=O)cc2F)CC1. The second-order valence-corrected chi connectivity index (χ2v) is 7.28. The molecule has 0 spiro atoms. The lowest BCUT2D eigenvalue weighted by Crippen LogP contribution is -2.44. The van der Waals surface area contributed by atoms with Crippen LogP contribution in [0.2, 0.25) is 0 Å². The van der Waals surface area contributed by atoms with Gasteiger partial charge >= 0.3 is 6.09 Å². The molecule has 3 rings (SSSR count). The van der Waals surface area contributed by atoms with Crippen LogP contribution in [0.1, 0.15) is 26.2 Å². The molecule has 1 aromatic carbocycles. The Kier molecular flexibility index (Phi) is 5.75. The third-order valence-corrected chi connectivity index (χ3v) is 5.16. The van der Waals surface area contributed by atoms with E-state index in [1.807, 2.05) is 4.90 Å². The molecule has 2 N–H and O–H groups in total. The Labute approximate surface area is 163 Å². The topological polar surface area (TPSA) is 82.1 Å². The summed E-state index contributed by atoms with van der Waals surface area (Å²) in [6.07, 6.45) is 5.49. The quantitative estimate of drug-likeness (QED) is 0.749. The second-order valence-electron chi connectivity index (χ2n) is 7.28. The number of terminal acetylenes is 1. The fourth-order valence-electron chi connectivity index (χ4n) is 3.55. The molecule has 0 unspecified atom stereocenters. The first-order valence-electron chi connectivity index (χ1n) is 9.24. The molecule has 0 radical (unpaired) electrons. The van der Waals surface area contributed by atoms with E-state index in [0.717, 1.165) is 0 Å². The number of benzene rings is 1. The third kappa shape index (κ3) is 4.37. The van der Waals surface area contributed by atoms with E-state index in [1.165, 1.54) is 17.9 Å². The molecule has 0 saturated carbocycles. The number of carbonyl (C=O) groups excluding carboxylic acids is 2. The van der Waals surface area contributed by atoms with Gasteiger partial charge in [0, 0.05) is 26.4 Å². The Morgan fingerprint density at radius 2 is 2.18 bits per heavy atom. The van der Waals surface area contributed by atoms with Crippen LogP contribution < -0.4 is 15.1 Å². The molecule has 2 amide bonds. The smallest absolute Gasteiger partial charge is 0.414 e. The summed E-state index contributed by atoms with van der Waals surface area (Å²) in [5.41, 5.74) is -0.0598. The Hall–Kier alpha value is -2.79. The van der Waals surface area contributed by atoms with Gasteiger partial charge in [0.05, 0.1) is 30.1 Å². The van der Waals surface area contributed by atoms with E-state index < -0.39 is 23.6 Å². The van der Waals surface area contributed by atoms with Gasteiger partial charge in [0.2, 0.25) is 5.91 Å².